The van der Waals surface area contributed by atoms with Gasteiger partial charge in [-0.3, -0.25) is 24.1 Å². The van der Waals surface area contributed by atoms with Crippen LogP contribution in [0.4, 0.5) is 0 Å². The molecule has 0 spiro atoms. The lowest BCUT2D eigenvalue weighted by Crippen LogP contribution is -2.38. The van der Waals surface area contributed by atoms with Crippen molar-refractivity contribution in [3.05, 3.63) is 98.1 Å². The fourth-order valence-electron chi connectivity index (χ4n) is 2.91. The van der Waals surface area contributed by atoms with Crippen molar-refractivity contribution in [2.24, 2.45) is 0 Å². The molecular weight excluding hydrogens is 330 g/mol. The lowest BCUT2D eigenvalue weighted by atomic mass is 9.97. The third kappa shape index (κ3) is 3.39. The van der Waals surface area contributed by atoms with Gasteiger partial charge in [0.1, 0.15) is 5.69 Å². The molecule has 1 aromatic carbocycles. The van der Waals surface area contributed by atoms with Gasteiger partial charge in [0.2, 0.25) is 5.78 Å². The minimum Gasteiger partial charge on any atom is -0.287 e. The number of rotatable bonds is 5. The molecule has 0 saturated carbocycles. The van der Waals surface area contributed by atoms with Crippen molar-refractivity contribution in [3.8, 4) is 0 Å². The molecule has 0 aliphatic heterocycles. The van der Waals surface area contributed by atoms with Crippen molar-refractivity contribution in [2.45, 2.75) is 26.3 Å². The highest BCUT2D eigenvalue weighted by Gasteiger charge is 2.24. The summed E-state index contributed by atoms with van der Waals surface area (Å²) in [6.07, 6.45) is 3.24. The second-order valence-electron chi connectivity index (χ2n) is 6.31. The summed E-state index contributed by atoms with van der Waals surface area (Å²) in [6.45, 7) is 3.83. The van der Waals surface area contributed by atoms with E-state index in [2.05, 4.69) is 9.97 Å². The molecule has 0 radical (unpaired) electrons. The van der Waals surface area contributed by atoms with Crippen molar-refractivity contribution in [1.29, 1.82) is 0 Å². The number of H-pyrrole nitrogens is 1. The zero-order valence-corrected chi connectivity index (χ0v) is 14.6. The van der Waals surface area contributed by atoms with Gasteiger partial charge in [-0.2, -0.15) is 0 Å². The van der Waals surface area contributed by atoms with Gasteiger partial charge in [-0.25, -0.2) is 4.79 Å². The third-order valence-electron chi connectivity index (χ3n) is 4.15. The molecule has 0 bridgehead atoms. The number of aromatic amines is 1. The molecular formula is C20H19N3O3. The second-order valence-corrected chi connectivity index (χ2v) is 6.31. The van der Waals surface area contributed by atoms with Crippen LogP contribution in [0.1, 0.15) is 46.9 Å². The predicted octanol–water partition coefficient (Wildman–Crippen LogP) is 2.33. The van der Waals surface area contributed by atoms with Crippen LogP contribution < -0.4 is 11.2 Å². The quantitative estimate of drug-likeness (QED) is 0.717. The first-order chi connectivity index (χ1) is 12.5. The van der Waals surface area contributed by atoms with Gasteiger partial charge in [-0.1, -0.05) is 44.2 Å². The van der Waals surface area contributed by atoms with E-state index in [0.717, 1.165) is 5.56 Å². The van der Waals surface area contributed by atoms with E-state index in [4.69, 9.17) is 0 Å². The van der Waals surface area contributed by atoms with Gasteiger partial charge in [0.25, 0.3) is 5.56 Å². The van der Waals surface area contributed by atoms with Crippen LogP contribution in [-0.2, 0) is 6.54 Å². The lowest BCUT2D eigenvalue weighted by molar-refractivity contribution is 0.102. The Morgan fingerprint density at radius 1 is 1.08 bits per heavy atom. The fraction of sp³-hybridized carbons (Fsp3) is 0.200. The monoisotopic (exact) mass is 349 g/mol. The van der Waals surface area contributed by atoms with Crippen molar-refractivity contribution < 1.29 is 4.79 Å². The van der Waals surface area contributed by atoms with Crippen LogP contribution in [0, 0.1) is 0 Å². The van der Waals surface area contributed by atoms with E-state index in [-0.39, 0.29) is 23.9 Å². The average molecular weight is 349 g/mol. The van der Waals surface area contributed by atoms with Gasteiger partial charge >= 0.3 is 5.69 Å². The van der Waals surface area contributed by atoms with Crippen molar-refractivity contribution in [3.63, 3.8) is 0 Å². The highest BCUT2D eigenvalue weighted by atomic mass is 16.2. The number of hydrogen-bond donors (Lipinski definition) is 1. The number of carbonyl (C=O) groups is 1. The Hall–Kier alpha value is -3.28. The Morgan fingerprint density at radius 3 is 2.35 bits per heavy atom. The Labute approximate surface area is 150 Å². The molecule has 6 nitrogen and oxygen atoms in total. The standard InChI is InChI=1S/C20H19N3O3/c1-13(2)16-17(18(24)15-6-4-3-5-7-15)23(20(26)22-19(16)25)12-14-8-10-21-11-9-14/h3-11,13H,12H2,1-2H3,(H,22,25,26). The van der Waals surface area contributed by atoms with Crippen LogP contribution in [-0.4, -0.2) is 20.3 Å². The molecule has 2 aromatic heterocycles. The number of nitrogens with one attached hydrogen (secondary N) is 1. The molecule has 0 fully saturated rings. The first-order valence-corrected chi connectivity index (χ1v) is 8.34. The Morgan fingerprint density at radius 2 is 1.73 bits per heavy atom. The van der Waals surface area contributed by atoms with E-state index in [9.17, 15) is 14.4 Å². The van der Waals surface area contributed by atoms with Gasteiger partial charge < -0.3 is 0 Å². The van der Waals surface area contributed by atoms with Gasteiger partial charge in [-0.15, -0.1) is 0 Å². The van der Waals surface area contributed by atoms with Crippen LogP contribution in [0.5, 0.6) is 0 Å². The Kier molecular flexibility index (Phi) is 4.93. The second kappa shape index (κ2) is 7.31. The highest BCUT2D eigenvalue weighted by Crippen LogP contribution is 2.18. The Balaban J connectivity index is 2.26. The van der Waals surface area contributed by atoms with Crippen LogP contribution >= 0.6 is 0 Å². The summed E-state index contributed by atoms with van der Waals surface area (Å²) >= 11 is 0. The maximum Gasteiger partial charge on any atom is 0.329 e. The van der Waals surface area contributed by atoms with Gasteiger partial charge in [0.05, 0.1) is 6.54 Å². The average Bonchev–Trinajstić information content (AvgIpc) is 2.64. The highest BCUT2D eigenvalue weighted by molar-refractivity contribution is 6.08. The minimum atomic E-state index is -0.601. The van der Waals surface area contributed by atoms with Gasteiger partial charge in [-0.05, 0) is 23.6 Å². The molecule has 3 rings (SSSR count). The van der Waals surface area contributed by atoms with E-state index < -0.39 is 11.2 Å². The number of carbonyl (C=O) groups excluding carboxylic acids is 1. The summed E-state index contributed by atoms with van der Waals surface area (Å²) in [4.78, 5) is 44.4. The number of nitrogens with zero attached hydrogens (tertiary/aromatic N) is 2. The predicted molar refractivity (Wildman–Crippen MR) is 98.6 cm³/mol. The smallest absolute Gasteiger partial charge is 0.287 e. The molecule has 6 heteroatoms. The van der Waals surface area contributed by atoms with Crippen LogP contribution in [0.3, 0.4) is 0 Å². The molecule has 0 aliphatic carbocycles. The molecule has 0 aliphatic rings. The van der Waals surface area contributed by atoms with Crippen LogP contribution in [0.15, 0.2) is 64.4 Å². The third-order valence-corrected chi connectivity index (χ3v) is 4.15. The molecule has 1 N–H and O–H groups in total. The number of ketones is 1. The van der Waals surface area contributed by atoms with Crippen LogP contribution in [0.2, 0.25) is 0 Å². The molecule has 26 heavy (non-hydrogen) atoms. The van der Waals surface area contributed by atoms with E-state index in [1.165, 1.54) is 4.57 Å². The molecule has 0 atom stereocenters. The molecule has 0 amide bonds. The van der Waals surface area contributed by atoms with E-state index in [1.807, 2.05) is 19.9 Å². The van der Waals surface area contributed by atoms with Crippen LogP contribution in [0.25, 0.3) is 0 Å². The summed E-state index contributed by atoms with van der Waals surface area (Å²) < 4.78 is 1.33. The molecule has 132 valence electrons. The number of benzene rings is 1. The summed E-state index contributed by atoms with van der Waals surface area (Å²) in [7, 11) is 0. The molecule has 3 aromatic rings. The molecule has 0 unspecified atom stereocenters. The number of aromatic nitrogens is 3. The SMILES string of the molecule is CC(C)c1c(C(=O)c2ccccc2)n(Cc2ccncc2)c(=O)[nH]c1=O. The topological polar surface area (TPSA) is 84.8 Å². The number of hydrogen-bond acceptors (Lipinski definition) is 4. The minimum absolute atomic E-state index is 0.136. The summed E-state index contributed by atoms with van der Waals surface area (Å²) in [5.74, 6) is -0.558. The van der Waals surface area contributed by atoms with Crippen molar-refractivity contribution in [2.75, 3.05) is 0 Å². The van der Waals surface area contributed by atoms with E-state index in [0.29, 0.717) is 11.1 Å². The molecule has 0 saturated heterocycles. The summed E-state index contributed by atoms with van der Waals surface area (Å²) in [6, 6.07) is 12.2. The first kappa shape index (κ1) is 17.5. The fourth-order valence-corrected chi connectivity index (χ4v) is 2.91. The largest absolute Gasteiger partial charge is 0.329 e. The van der Waals surface area contributed by atoms with Gasteiger partial charge in [0.15, 0.2) is 0 Å². The zero-order chi connectivity index (χ0) is 18.7. The van der Waals surface area contributed by atoms with Crippen molar-refractivity contribution in [1.82, 2.24) is 14.5 Å². The first-order valence-electron chi connectivity index (χ1n) is 8.34. The summed E-state index contributed by atoms with van der Waals surface area (Å²) in [5.41, 5.74) is 0.573. The summed E-state index contributed by atoms with van der Waals surface area (Å²) in [5, 5.41) is 0. The maximum absolute atomic E-state index is 13.2. The normalized spacial score (nSPS) is 10.9. The van der Waals surface area contributed by atoms with E-state index >= 15 is 0 Å². The Bertz CT molecular complexity index is 1040. The number of pyridine rings is 1. The lowest BCUT2D eigenvalue weighted by Gasteiger charge is -2.17. The molecule has 2 heterocycles. The van der Waals surface area contributed by atoms with Gasteiger partial charge in [0, 0.05) is 23.5 Å². The van der Waals surface area contributed by atoms with E-state index in [1.54, 1.807) is 48.8 Å². The van der Waals surface area contributed by atoms with Crippen molar-refractivity contribution >= 4 is 5.78 Å². The zero-order valence-electron chi connectivity index (χ0n) is 14.6. The maximum atomic E-state index is 13.2.